The van der Waals surface area contributed by atoms with Crippen LogP contribution in [0.2, 0.25) is 0 Å². The van der Waals surface area contributed by atoms with E-state index in [2.05, 4.69) is 29.0 Å². The van der Waals surface area contributed by atoms with Crippen molar-refractivity contribution in [2.75, 3.05) is 0 Å². The van der Waals surface area contributed by atoms with Crippen molar-refractivity contribution in [3.8, 4) is 0 Å². The number of nitrogens with zero attached hydrogens (tertiary/aromatic N) is 3. The number of rotatable bonds is 4. The summed E-state index contributed by atoms with van der Waals surface area (Å²) in [7, 11) is 0. The summed E-state index contributed by atoms with van der Waals surface area (Å²) in [5.41, 5.74) is 0. The second-order valence-corrected chi connectivity index (χ2v) is 4.59. The van der Waals surface area contributed by atoms with Crippen molar-refractivity contribution in [2.45, 2.75) is 39.7 Å². The lowest BCUT2D eigenvalue weighted by molar-refractivity contribution is 0.440. The molecule has 2 heterocycles. The first-order valence-corrected chi connectivity index (χ1v) is 6.11. The fraction of sp³-hybridized carbons (Fsp3) is 0.545. The number of aryl methyl sites for hydroxylation is 1. The Morgan fingerprint density at radius 3 is 2.88 bits per heavy atom. The number of hydrogen-bond acceptors (Lipinski definition) is 4. The quantitative estimate of drug-likeness (QED) is 0.850. The van der Waals surface area contributed by atoms with Gasteiger partial charge < -0.3 is 4.42 Å². The Balaban J connectivity index is 2.29. The highest BCUT2D eigenvalue weighted by molar-refractivity contribution is 7.71. The molecule has 0 unspecified atom stereocenters. The molecule has 17 heavy (non-hydrogen) atoms. The maximum Gasteiger partial charge on any atom is 0.214 e. The first kappa shape index (κ1) is 12.0. The lowest BCUT2D eigenvalue weighted by atomic mass is 10.2. The average Bonchev–Trinajstić information content (AvgIpc) is 2.87. The van der Waals surface area contributed by atoms with Crippen LogP contribution >= 0.6 is 12.2 Å². The Hall–Kier alpha value is -1.43. The molecule has 0 amide bonds. The van der Waals surface area contributed by atoms with Gasteiger partial charge in [-0.15, -0.1) is 0 Å². The Kier molecular flexibility index (Phi) is 3.42. The molecular formula is C11H16N4OS. The zero-order valence-electron chi connectivity index (χ0n) is 10.2. The number of hydrogen-bond donors (Lipinski definition) is 1. The van der Waals surface area contributed by atoms with Crippen molar-refractivity contribution in [3.63, 3.8) is 0 Å². The molecule has 0 saturated carbocycles. The van der Waals surface area contributed by atoms with E-state index < -0.39 is 0 Å². The molecule has 0 aliphatic carbocycles. The average molecular weight is 252 g/mol. The van der Waals surface area contributed by atoms with Crippen molar-refractivity contribution in [1.82, 2.24) is 19.7 Å². The second kappa shape index (κ2) is 4.83. The Labute approximate surface area is 105 Å². The van der Waals surface area contributed by atoms with Gasteiger partial charge in [0.2, 0.25) is 5.89 Å². The summed E-state index contributed by atoms with van der Waals surface area (Å²) in [6.45, 7) is 6.72. The summed E-state index contributed by atoms with van der Waals surface area (Å²) in [5, 5.41) is 7.02. The van der Waals surface area contributed by atoms with Gasteiger partial charge in [-0.25, -0.2) is 4.98 Å². The minimum absolute atomic E-state index is 0.309. The molecule has 6 heteroatoms. The maximum atomic E-state index is 5.58. The van der Waals surface area contributed by atoms with Crippen LogP contribution < -0.4 is 0 Å². The summed E-state index contributed by atoms with van der Waals surface area (Å²) in [6.07, 6.45) is 2.61. The van der Waals surface area contributed by atoms with Gasteiger partial charge in [0.1, 0.15) is 18.1 Å². The zero-order chi connectivity index (χ0) is 12.4. The highest BCUT2D eigenvalue weighted by Gasteiger charge is 2.12. The van der Waals surface area contributed by atoms with Crippen molar-refractivity contribution >= 4 is 12.2 Å². The molecule has 2 aromatic rings. The summed E-state index contributed by atoms with van der Waals surface area (Å²) in [5.74, 6) is 2.79. The van der Waals surface area contributed by atoms with Gasteiger partial charge in [-0.3, -0.25) is 9.67 Å². The van der Waals surface area contributed by atoms with E-state index in [0.29, 0.717) is 23.1 Å². The summed E-state index contributed by atoms with van der Waals surface area (Å²) in [6, 6.07) is 0. The van der Waals surface area contributed by atoms with Crippen LogP contribution in [0.5, 0.6) is 0 Å². The first-order chi connectivity index (χ1) is 8.11. The van der Waals surface area contributed by atoms with Crippen molar-refractivity contribution in [1.29, 1.82) is 0 Å². The van der Waals surface area contributed by atoms with Crippen LogP contribution in [-0.2, 0) is 13.0 Å². The van der Waals surface area contributed by atoms with E-state index in [4.69, 9.17) is 16.6 Å². The minimum atomic E-state index is 0.309. The molecular weight excluding hydrogens is 236 g/mol. The second-order valence-electron chi connectivity index (χ2n) is 4.20. The highest BCUT2D eigenvalue weighted by atomic mass is 32.1. The van der Waals surface area contributed by atoms with Crippen LogP contribution in [0.15, 0.2) is 10.6 Å². The van der Waals surface area contributed by atoms with Crippen LogP contribution in [0, 0.1) is 4.77 Å². The van der Waals surface area contributed by atoms with E-state index in [1.807, 2.05) is 11.5 Å². The molecule has 0 aliphatic heterocycles. The van der Waals surface area contributed by atoms with Crippen LogP contribution in [0.3, 0.4) is 0 Å². The normalized spacial score (nSPS) is 11.3. The number of oxazole rings is 1. The SMILES string of the molecule is CCc1cnc(Cn2c(C(C)C)n[nH]c2=S)o1. The van der Waals surface area contributed by atoms with Crippen LogP contribution in [0.1, 0.15) is 44.2 Å². The van der Waals surface area contributed by atoms with Crippen LogP contribution in [0.25, 0.3) is 0 Å². The third-order valence-electron chi connectivity index (χ3n) is 2.55. The third kappa shape index (κ3) is 2.46. The van der Waals surface area contributed by atoms with Gasteiger partial charge >= 0.3 is 0 Å². The predicted octanol–water partition coefficient (Wildman–Crippen LogP) is 2.66. The lowest BCUT2D eigenvalue weighted by Crippen LogP contribution is -2.07. The number of aromatic nitrogens is 4. The zero-order valence-corrected chi connectivity index (χ0v) is 11.0. The lowest BCUT2D eigenvalue weighted by Gasteiger charge is -2.06. The Morgan fingerprint density at radius 2 is 2.29 bits per heavy atom. The number of nitrogens with one attached hydrogen (secondary N) is 1. The van der Waals surface area contributed by atoms with Gasteiger partial charge in [-0.2, -0.15) is 5.10 Å². The van der Waals surface area contributed by atoms with Crippen molar-refractivity contribution in [2.24, 2.45) is 0 Å². The first-order valence-electron chi connectivity index (χ1n) is 5.70. The Bertz CT molecular complexity index is 552. The molecule has 2 rings (SSSR count). The fourth-order valence-corrected chi connectivity index (χ4v) is 1.85. The highest BCUT2D eigenvalue weighted by Crippen LogP contribution is 2.14. The largest absolute Gasteiger partial charge is 0.444 e. The molecule has 0 aromatic carbocycles. The minimum Gasteiger partial charge on any atom is -0.444 e. The molecule has 0 fully saturated rings. The standard InChI is InChI=1S/C11H16N4OS/c1-4-8-5-12-9(16-8)6-15-10(7(2)3)13-14-11(15)17/h5,7H,4,6H2,1-3H3,(H,14,17). The van der Waals surface area contributed by atoms with Crippen molar-refractivity contribution in [3.05, 3.63) is 28.4 Å². The molecule has 0 radical (unpaired) electrons. The van der Waals surface area contributed by atoms with E-state index in [0.717, 1.165) is 18.0 Å². The fourth-order valence-electron chi connectivity index (χ4n) is 1.64. The maximum absolute atomic E-state index is 5.58. The monoisotopic (exact) mass is 252 g/mol. The van der Waals surface area contributed by atoms with Gasteiger partial charge in [-0.05, 0) is 12.2 Å². The van der Waals surface area contributed by atoms with Crippen molar-refractivity contribution < 1.29 is 4.42 Å². The molecule has 0 saturated heterocycles. The van der Waals surface area contributed by atoms with Gasteiger partial charge in [0.25, 0.3) is 0 Å². The molecule has 0 bridgehead atoms. The van der Waals surface area contributed by atoms with E-state index in [1.54, 1.807) is 6.20 Å². The van der Waals surface area contributed by atoms with Gasteiger partial charge in [-0.1, -0.05) is 20.8 Å². The molecule has 2 aromatic heterocycles. The summed E-state index contributed by atoms with van der Waals surface area (Å²) < 4.78 is 8.10. The van der Waals surface area contributed by atoms with Crippen LogP contribution in [-0.4, -0.2) is 19.7 Å². The van der Waals surface area contributed by atoms with Gasteiger partial charge in [0.05, 0.1) is 6.20 Å². The Morgan fingerprint density at radius 1 is 1.53 bits per heavy atom. The van der Waals surface area contributed by atoms with E-state index in [-0.39, 0.29) is 0 Å². The molecule has 0 spiro atoms. The topological polar surface area (TPSA) is 59.6 Å². The smallest absolute Gasteiger partial charge is 0.214 e. The molecule has 5 nitrogen and oxygen atoms in total. The molecule has 1 N–H and O–H groups in total. The molecule has 0 aliphatic rings. The molecule has 92 valence electrons. The van der Waals surface area contributed by atoms with E-state index in [9.17, 15) is 0 Å². The van der Waals surface area contributed by atoms with E-state index >= 15 is 0 Å². The van der Waals surface area contributed by atoms with E-state index in [1.165, 1.54) is 0 Å². The van der Waals surface area contributed by atoms with Crippen LogP contribution in [0.4, 0.5) is 0 Å². The third-order valence-corrected chi connectivity index (χ3v) is 2.86. The predicted molar refractivity (Wildman–Crippen MR) is 66.5 cm³/mol. The number of aromatic amines is 1. The summed E-state index contributed by atoms with van der Waals surface area (Å²) in [4.78, 5) is 4.23. The number of H-pyrrole nitrogens is 1. The van der Waals surface area contributed by atoms with Gasteiger partial charge in [0.15, 0.2) is 4.77 Å². The van der Waals surface area contributed by atoms with Gasteiger partial charge in [0, 0.05) is 12.3 Å². The summed E-state index contributed by atoms with van der Waals surface area (Å²) >= 11 is 5.20. The molecule has 0 atom stereocenters.